The Hall–Kier alpha value is -2.52. The number of anilines is 1. The lowest BCUT2D eigenvalue weighted by Crippen LogP contribution is -2.10. The Bertz CT molecular complexity index is 923. The Labute approximate surface area is 165 Å². The van der Waals surface area contributed by atoms with E-state index in [-0.39, 0.29) is 11.7 Å². The van der Waals surface area contributed by atoms with Crippen molar-refractivity contribution in [1.82, 2.24) is 10.2 Å². The third-order valence-electron chi connectivity index (χ3n) is 3.63. The molecule has 3 rings (SSSR count). The van der Waals surface area contributed by atoms with Gasteiger partial charge in [-0.05, 0) is 36.1 Å². The maximum atomic E-state index is 12.4. The Morgan fingerprint density at radius 2 is 2.07 bits per heavy atom. The molecule has 0 bridgehead atoms. The summed E-state index contributed by atoms with van der Waals surface area (Å²) in [6.07, 6.45) is 0.476. The maximum absolute atomic E-state index is 12.4. The van der Waals surface area contributed by atoms with Crippen LogP contribution in [0.3, 0.4) is 0 Å². The van der Waals surface area contributed by atoms with Crippen molar-refractivity contribution >= 4 is 34.1 Å². The number of methoxy groups -OCH3 is 2. The molecule has 142 valence electrons. The predicted molar refractivity (Wildman–Crippen MR) is 105 cm³/mol. The van der Waals surface area contributed by atoms with Gasteiger partial charge in [-0.1, -0.05) is 30.0 Å². The third kappa shape index (κ3) is 4.81. The van der Waals surface area contributed by atoms with Crippen LogP contribution in [0.5, 0.6) is 11.5 Å². The van der Waals surface area contributed by atoms with Crippen molar-refractivity contribution in [2.75, 3.05) is 25.3 Å². The molecule has 0 saturated carbocycles. The van der Waals surface area contributed by atoms with E-state index in [2.05, 4.69) is 15.5 Å². The van der Waals surface area contributed by atoms with Crippen LogP contribution in [0.15, 0.2) is 39.1 Å². The number of aromatic nitrogens is 2. The Morgan fingerprint density at radius 1 is 1.22 bits per heavy atom. The number of ether oxygens (including phenoxy) is 2. The number of hydrogen-bond donors (Lipinski definition) is 1. The molecule has 9 heteroatoms. The van der Waals surface area contributed by atoms with Gasteiger partial charge in [-0.15, -0.1) is 10.2 Å². The van der Waals surface area contributed by atoms with Gasteiger partial charge in [0, 0.05) is 12.0 Å². The van der Waals surface area contributed by atoms with Crippen LogP contribution in [0, 0.1) is 0 Å². The molecule has 0 aliphatic heterocycles. The van der Waals surface area contributed by atoms with Gasteiger partial charge in [-0.2, -0.15) is 0 Å². The number of nitrogens with one attached hydrogen (secondary N) is 1. The topological polar surface area (TPSA) is 86.5 Å². The summed E-state index contributed by atoms with van der Waals surface area (Å²) >= 11 is 2.91. The standard InChI is InChI=1S/C18H19N3O4S2/c1-4-26-18-21-20-17(27-18)19-16(22)15-8-6-13(25-15)10-11-9-12(23-2)5-7-14(11)24-3/h5-9H,4,10H2,1-3H3,(H,19,20,22). The first kappa shape index (κ1) is 19.2. The molecule has 27 heavy (non-hydrogen) atoms. The van der Waals surface area contributed by atoms with E-state index in [1.807, 2.05) is 25.1 Å². The number of rotatable bonds is 8. The van der Waals surface area contributed by atoms with Crippen LogP contribution in [0.25, 0.3) is 0 Å². The van der Waals surface area contributed by atoms with Gasteiger partial charge in [0.2, 0.25) is 5.13 Å². The molecular formula is C18H19N3O4S2. The van der Waals surface area contributed by atoms with Crippen LogP contribution >= 0.6 is 23.1 Å². The molecule has 0 unspecified atom stereocenters. The molecule has 1 N–H and O–H groups in total. The van der Waals surface area contributed by atoms with Gasteiger partial charge < -0.3 is 13.9 Å². The quantitative estimate of drug-likeness (QED) is 0.446. The fourth-order valence-corrected chi connectivity index (χ4v) is 4.05. The van der Waals surface area contributed by atoms with E-state index in [1.165, 1.54) is 11.3 Å². The number of amides is 1. The number of benzene rings is 1. The van der Waals surface area contributed by atoms with Crippen LogP contribution in [0.2, 0.25) is 0 Å². The minimum absolute atomic E-state index is 0.215. The fourth-order valence-electron chi connectivity index (χ4n) is 2.40. The molecule has 1 amide bonds. The van der Waals surface area contributed by atoms with E-state index in [4.69, 9.17) is 13.9 Å². The SMILES string of the molecule is CCSc1nnc(NC(=O)c2ccc(Cc3cc(OC)ccc3OC)o2)s1. The maximum Gasteiger partial charge on any atom is 0.293 e. The predicted octanol–water partition coefficient (Wildman–Crippen LogP) is 4.10. The number of furan rings is 1. The van der Waals surface area contributed by atoms with Crippen molar-refractivity contribution < 1.29 is 18.7 Å². The monoisotopic (exact) mass is 405 g/mol. The van der Waals surface area contributed by atoms with E-state index in [9.17, 15) is 4.79 Å². The second kappa shape index (κ2) is 8.92. The van der Waals surface area contributed by atoms with Crippen molar-refractivity contribution in [3.63, 3.8) is 0 Å². The Kier molecular flexibility index (Phi) is 6.36. The van der Waals surface area contributed by atoms with Gasteiger partial charge >= 0.3 is 0 Å². The normalized spacial score (nSPS) is 10.6. The number of nitrogens with zero attached hydrogens (tertiary/aromatic N) is 2. The van der Waals surface area contributed by atoms with Gasteiger partial charge in [-0.25, -0.2) is 0 Å². The minimum atomic E-state index is -0.358. The van der Waals surface area contributed by atoms with Gasteiger partial charge in [0.25, 0.3) is 5.91 Å². The van der Waals surface area contributed by atoms with Crippen molar-refractivity contribution in [2.45, 2.75) is 17.7 Å². The van der Waals surface area contributed by atoms with E-state index >= 15 is 0 Å². The number of carbonyl (C=O) groups excluding carboxylic acids is 1. The van der Waals surface area contributed by atoms with Gasteiger partial charge in [0.1, 0.15) is 17.3 Å². The van der Waals surface area contributed by atoms with Crippen molar-refractivity contribution in [3.05, 3.63) is 47.4 Å². The average molecular weight is 406 g/mol. The first-order chi connectivity index (χ1) is 13.1. The zero-order valence-electron chi connectivity index (χ0n) is 15.1. The van der Waals surface area contributed by atoms with E-state index in [0.29, 0.717) is 17.3 Å². The molecular weight excluding hydrogens is 386 g/mol. The molecule has 0 saturated heterocycles. The van der Waals surface area contributed by atoms with Crippen LogP contribution in [-0.4, -0.2) is 36.1 Å². The summed E-state index contributed by atoms with van der Waals surface area (Å²) < 4.78 is 17.1. The van der Waals surface area contributed by atoms with Crippen LogP contribution < -0.4 is 14.8 Å². The van der Waals surface area contributed by atoms with Crippen LogP contribution in [0.4, 0.5) is 5.13 Å². The Balaban J connectivity index is 1.70. The van der Waals surface area contributed by atoms with E-state index in [1.54, 1.807) is 38.1 Å². The summed E-state index contributed by atoms with van der Waals surface area (Å²) in [7, 11) is 3.22. The molecule has 0 spiro atoms. The van der Waals surface area contributed by atoms with E-state index < -0.39 is 0 Å². The highest BCUT2D eigenvalue weighted by Crippen LogP contribution is 2.28. The number of thioether (sulfide) groups is 1. The smallest absolute Gasteiger partial charge is 0.293 e. The summed E-state index contributed by atoms with van der Waals surface area (Å²) in [5, 5.41) is 11.1. The highest BCUT2D eigenvalue weighted by molar-refractivity contribution is 8.01. The summed E-state index contributed by atoms with van der Waals surface area (Å²) in [5.41, 5.74) is 0.906. The lowest BCUT2D eigenvalue weighted by Gasteiger charge is -2.09. The zero-order chi connectivity index (χ0) is 19.2. The molecule has 7 nitrogen and oxygen atoms in total. The third-order valence-corrected chi connectivity index (χ3v) is 5.49. The van der Waals surface area contributed by atoms with Gasteiger partial charge in [0.05, 0.1) is 14.2 Å². The molecule has 3 aromatic rings. The molecule has 2 heterocycles. The Morgan fingerprint density at radius 3 is 2.81 bits per heavy atom. The molecule has 0 aliphatic carbocycles. The molecule has 0 fully saturated rings. The molecule has 0 atom stereocenters. The first-order valence-electron chi connectivity index (χ1n) is 8.20. The minimum Gasteiger partial charge on any atom is -0.497 e. The largest absolute Gasteiger partial charge is 0.497 e. The van der Waals surface area contributed by atoms with E-state index in [0.717, 1.165) is 27.2 Å². The summed E-state index contributed by atoms with van der Waals surface area (Å²) in [4.78, 5) is 12.4. The van der Waals surface area contributed by atoms with Gasteiger partial charge in [0.15, 0.2) is 10.1 Å². The lowest BCUT2D eigenvalue weighted by molar-refractivity contribution is 0.0995. The lowest BCUT2D eigenvalue weighted by atomic mass is 10.1. The second-order valence-corrected chi connectivity index (χ2v) is 7.87. The zero-order valence-corrected chi connectivity index (χ0v) is 16.8. The second-order valence-electron chi connectivity index (χ2n) is 5.38. The van der Waals surface area contributed by atoms with Crippen LogP contribution in [-0.2, 0) is 6.42 Å². The molecule has 1 aromatic carbocycles. The molecule has 0 aliphatic rings. The van der Waals surface area contributed by atoms with Crippen LogP contribution in [0.1, 0.15) is 28.8 Å². The summed E-state index contributed by atoms with van der Waals surface area (Å²) in [6.45, 7) is 2.03. The molecule has 2 aromatic heterocycles. The molecule has 0 radical (unpaired) electrons. The summed E-state index contributed by atoms with van der Waals surface area (Å²) in [5.74, 6) is 2.86. The number of hydrogen-bond acceptors (Lipinski definition) is 8. The highest BCUT2D eigenvalue weighted by Gasteiger charge is 2.15. The first-order valence-corrected chi connectivity index (χ1v) is 10.0. The van der Waals surface area contributed by atoms with Crippen molar-refractivity contribution in [2.24, 2.45) is 0 Å². The average Bonchev–Trinajstić information content (AvgIpc) is 3.31. The fraction of sp³-hybridized carbons (Fsp3) is 0.278. The highest BCUT2D eigenvalue weighted by atomic mass is 32.2. The number of carbonyl (C=O) groups is 1. The summed E-state index contributed by atoms with van der Waals surface area (Å²) in [6, 6.07) is 8.96. The van der Waals surface area contributed by atoms with Gasteiger partial charge in [-0.3, -0.25) is 10.1 Å². The van der Waals surface area contributed by atoms with Crippen molar-refractivity contribution in [1.29, 1.82) is 0 Å². The van der Waals surface area contributed by atoms with Crippen molar-refractivity contribution in [3.8, 4) is 11.5 Å².